The average Bonchev–Trinajstić information content (AvgIpc) is 2.07. The molecule has 12 heavy (non-hydrogen) atoms. The van der Waals surface area contributed by atoms with Crippen LogP contribution in [-0.4, -0.2) is 11.4 Å². The largest absolute Gasteiger partial charge is 0.342 e. The van der Waals surface area contributed by atoms with E-state index in [-0.39, 0.29) is 0 Å². The zero-order chi connectivity index (χ0) is 9.40. The summed E-state index contributed by atoms with van der Waals surface area (Å²) in [5.74, 6) is 8.15. The Kier molecular flexibility index (Phi) is 5.31. The summed E-state index contributed by atoms with van der Waals surface area (Å²) in [5, 5.41) is 0. The van der Waals surface area contributed by atoms with E-state index in [1.54, 1.807) is 19.2 Å². The van der Waals surface area contributed by atoms with Gasteiger partial charge in [0.25, 0.3) is 0 Å². The fraction of sp³-hybridized carbons (Fsp3) is 0.273. The van der Waals surface area contributed by atoms with Gasteiger partial charge < -0.3 is 4.90 Å². The van der Waals surface area contributed by atoms with Crippen LogP contribution in [0.15, 0.2) is 24.6 Å². The summed E-state index contributed by atoms with van der Waals surface area (Å²) in [5.41, 5.74) is 0.817. The van der Waals surface area contributed by atoms with Gasteiger partial charge >= 0.3 is 0 Å². The van der Waals surface area contributed by atoms with Gasteiger partial charge in [-0.05, 0) is 26.0 Å². The first-order valence-corrected chi connectivity index (χ1v) is 3.78. The van der Waals surface area contributed by atoms with Crippen LogP contribution in [0.1, 0.15) is 13.8 Å². The molecule has 62 valence electrons. The number of nitrogens with zero attached hydrogens (tertiary/aromatic N) is 1. The first-order chi connectivity index (χ1) is 5.79. The molecule has 0 saturated carbocycles. The van der Waals surface area contributed by atoms with Gasteiger partial charge in [-0.1, -0.05) is 18.4 Å². The van der Waals surface area contributed by atoms with E-state index in [4.69, 9.17) is 6.42 Å². The van der Waals surface area contributed by atoms with Crippen LogP contribution in [0.2, 0.25) is 0 Å². The second-order valence-electron chi connectivity index (χ2n) is 2.04. The van der Waals surface area contributed by atoms with Crippen molar-refractivity contribution in [1.29, 1.82) is 0 Å². The minimum Gasteiger partial charge on any atom is -0.342 e. The highest BCUT2D eigenvalue weighted by Gasteiger charge is 1.97. The van der Waals surface area contributed by atoms with Crippen LogP contribution in [0, 0.1) is 24.2 Å². The zero-order valence-electron chi connectivity index (χ0n) is 7.59. The maximum absolute atomic E-state index is 5.15. The third kappa shape index (κ3) is 2.99. The van der Waals surface area contributed by atoms with Crippen LogP contribution >= 0.6 is 0 Å². The molecule has 0 atom stereocenters. The van der Waals surface area contributed by atoms with Gasteiger partial charge in [0.05, 0.1) is 0 Å². The lowest BCUT2D eigenvalue weighted by atomic mass is 10.3. The number of rotatable bonds is 3. The lowest BCUT2D eigenvalue weighted by Crippen LogP contribution is -2.14. The van der Waals surface area contributed by atoms with E-state index >= 15 is 0 Å². The molecule has 1 heteroatoms. The molecule has 0 N–H and O–H groups in total. The van der Waals surface area contributed by atoms with E-state index in [9.17, 15) is 0 Å². The molecule has 0 amide bonds. The van der Waals surface area contributed by atoms with Gasteiger partial charge in [0.15, 0.2) is 0 Å². The minimum atomic E-state index is 0.817. The molecular formula is C11H13N. The van der Waals surface area contributed by atoms with Gasteiger partial charge in [0, 0.05) is 12.6 Å². The van der Waals surface area contributed by atoms with Crippen molar-refractivity contribution in [2.75, 3.05) is 6.54 Å². The SMILES string of the molecule is C#C/C=C(\C#CC)N(C=C)CC. The highest BCUT2D eigenvalue weighted by Crippen LogP contribution is 2.01. The van der Waals surface area contributed by atoms with Gasteiger partial charge in [-0.15, -0.1) is 6.42 Å². The third-order valence-corrected chi connectivity index (χ3v) is 1.34. The Morgan fingerprint density at radius 1 is 1.67 bits per heavy atom. The zero-order valence-corrected chi connectivity index (χ0v) is 7.59. The van der Waals surface area contributed by atoms with Gasteiger partial charge in [0.1, 0.15) is 5.70 Å². The van der Waals surface area contributed by atoms with E-state index in [2.05, 4.69) is 24.3 Å². The molecule has 0 aromatic rings. The molecule has 0 heterocycles. The second kappa shape index (κ2) is 6.13. The van der Waals surface area contributed by atoms with Crippen molar-refractivity contribution in [2.24, 2.45) is 0 Å². The summed E-state index contributed by atoms with van der Waals surface area (Å²) in [6.07, 6.45) is 8.51. The third-order valence-electron chi connectivity index (χ3n) is 1.34. The smallest absolute Gasteiger partial charge is 0.100 e. The van der Waals surface area contributed by atoms with Crippen molar-refractivity contribution >= 4 is 0 Å². The molecule has 0 rings (SSSR count). The highest BCUT2D eigenvalue weighted by atomic mass is 15.1. The molecule has 0 bridgehead atoms. The molecule has 0 unspecified atom stereocenters. The Labute approximate surface area is 74.8 Å². The molecule has 0 aliphatic rings. The first kappa shape index (κ1) is 10.4. The van der Waals surface area contributed by atoms with Crippen LogP contribution in [0.3, 0.4) is 0 Å². The van der Waals surface area contributed by atoms with Crippen molar-refractivity contribution in [1.82, 2.24) is 4.90 Å². The minimum absolute atomic E-state index is 0.817. The highest BCUT2D eigenvalue weighted by molar-refractivity contribution is 5.33. The van der Waals surface area contributed by atoms with Crippen molar-refractivity contribution in [3.63, 3.8) is 0 Å². The summed E-state index contributed by atoms with van der Waals surface area (Å²) in [6.45, 7) is 8.29. The Bertz CT molecular complexity index is 268. The van der Waals surface area contributed by atoms with E-state index in [0.29, 0.717) is 0 Å². The van der Waals surface area contributed by atoms with Crippen molar-refractivity contribution in [3.8, 4) is 24.2 Å². The monoisotopic (exact) mass is 159 g/mol. The van der Waals surface area contributed by atoms with Crippen LogP contribution in [-0.2, 0) is 0 Å². The van der Waals surface area contributed by atoms with Gasteiger partial charge in [0.2, 0.25) is 0 Å². The molecule has 0 saturated heterocycles. The number of hydrogen-bond acceptors (Lipinski definition) is 1. The first-order valence-electron chi connectivity index (χ1n) is 3.78. The average molecular weight is 159 g/mol. The summed E-state index contributed by atoms with van der Waals surface area (Å²) in [6, 6.07) is 0. The Hall–Kier alpha value is -1.60. The predicted octanol–water partition coefficient (Wildman–Crippen LogP) is 1.99. The molecular weight excluding hydrogens is 146 g/mol. The van der Waals surface area contributed by atoms with Crippen LogP contribution in [0.4, 0.5) is 0 Å². The quantitative estimate of drug-likeness (QED) is 0.569. The number of allylic oxidation sites excluding steroid dienone is 2. The fourth-order valence-corrected chi connectivity index (χ4v) is 0.796. The van der Waals surface area contributed by atoms with Crippen LogP contribution < -0.4 is 0 Å². The topological polar surface area (TPSA) is 3.24 Å². The maximum Gasteiger partial charge on any atom is 0.100 e. The van der Waals surface area contributed by atoms with Crippen molar-refractivity contribution < 1.29 is 0 Å². The molecule has 0 aromatic heterocycles. The standard InChI is InChI=1S/C11H13N/c1-5-9-11(10-6-2)12(7-3)8-4/h1,7,9H,3,8H2,2,4H3/b11-9+. The van der Waals surface area contributed by atoms with Crippen LogP contribution in [0.5, 0.6) is 0 Å². The van der Waals surface area contributed by atoms with E-state index in [1.165, 1.54) is 0 Å². The van der Waals surface area contributed by atoms with E-state index < -0.39 is 0 Å². The molecule has 0 aliphatic carbocycles. The molecule has 0 radical (unpaired) electrons. The van der Waals surface area contributed by atoms with Gasteiger partial charge in [-0.3, -0.25) is 0 Å². The predicted molar refractivity (Wildman–Crippen MR) is 52.9 cm³/mol. The van der Waals surface area contributed by atoms with Crippen LogP contribution in [0.25, 0.3) is 0 Å². The Morgan fingerprint density at radius 2 is 2.33 bits per heavy atom. The second-order valence-corrected chi connectivity index (χ2v) is 2.04. The summed E-state index contributed by atoms with van der Waals surface area (Å²) < 4.78 is 0. The lowest BCUT2D eigenvalue weighted by Gasteiger charge is -2.15. The number of terminal acetylenes is 1. The van der Waals surface area contributed by atoms with E-state index in [1.807, 2.05) is 11.8 Å². The normalized spacial score (nSPS) is 9.25. The number of hydrogen-bond donors (Lipinski definition) is 0. The molecule has 0 fully saturated rings. The molecule has 1 nitrogen and oxygen atoms in total. The maximum atomic E-state index is 5.15. The summed E-state index contributed by atoms with van der Waals surface area (Å²) in [4.78, 5) is 1.90. The summed E-state index contributed by atoms with van der Waals surface area (Å²) >= 11 is 0. The van der Waals surface area contributed by atoms with Gasteiger partial charge in [-0.25, -0.2) is 0 Å². The van der Waals surface area contributed by atoms with Crippen molar-refractivity contribution in [2.45, 2.75) is 13.8 Å². The van der Waals surface area contributed by atoms with Gasteiger partial charge in [-0.2, -0.15) is 0 Å². The molecule has 0 spiro atoms. The summed E-state index contributed by atoms with van der Waals surface area (Å²) in [7, 11) is 0. The van der Waals surface area contributed by atoms with Crippen molar-refractivity contribution in [3.05, 3.63) is 24.6 Å². The Balaban J connectivity index is 4.70. The fourth-order valence-electron chi connectivity index (χ4n) is 0.796. The van der Waals surface area contributed by atoms with E-state index in [0.717, 1.165) is 12.2 Å². The lowest BCUT2D eigenvalue weighted by molar-refractivity contribution is 0.513. The Morgan fingerprint density at radius 3 is 2.67 bits per heavy atom. The molecule has 0 aliphatic heterocycles. The molecule has 0 aromatic carbocycles.